The Morgan fingerprint density at radius 2 is 1.59 bits per heavy atom. The van der Waals surface area contributed by atoms with E-state index in [0.717, 1.165) is 9.60 Å². The molecule has 0 aliphatic carbocycles. The summed E-state index contributed by atoms with van der Waals surface area (Å²) in [6, 6.07) is 17.9. The number of rotatable bonds is 5. The van der Waals surface area contributed by atoms with E-state index in [1.54, 1.807) is 73.7 Å². The van der Waals surface area contributed by atoms with Gasteiger partial charge in [0.15, 0.2) is 5.13 Å². The lowest BCUT2D eigenvalue weighted by molar-refractivity contribution is 0.0526. The highest BCUT2D eigenvalue weighted by molar-refractivity contribution is 7.22. The first kappa shape index (κ1) is 21.5. The maximum atomic E-state index is 12.7. The summed E-state index contributed by atoms with van der Waals surface area (Å²) in [6.45, 7) is 2.01. The van der Waals surface area contributed by atoms with Crippen molar-refractivity contribution in [3.8, 4) is 0 Å². The van der Waals surface area contributed by atoms with Gasteiger partial charge in [0.1, 0.15) is 0 Å². The number of hydrogen-bond donors (Lipinski definition) is 1. The van der Waals surface area contributed by atoms with E-state index >= 15 is 0 Å². The largest absolute Gasteiger partial charge is 0.462 e. The van der Waals surface area contributed by atoms with Crippen LogP contribution in [0.1, 0.15) is 48.4 Å². The number of fused-ring (bicyclic) bond motifs is 2. The average Bonchev–Trinajstić information content (AvgIpc) is 3.36. The van der Waals surface area contributed by atoms with E-state index in [0.29, 0.717) is 38.6 Å². The molecule has 1 aromatic heterocycles. The Morgan fingerprint density at radius 3 is 2.24 bits per heavy atom. The monoisotopic (exact) mass is 471 g/mol. The summed E-state index contributed by atoms with van der Waals surface area (Å²) >= 11 is 1.28. The molecule has 4 aromatic rings. The fourth-order valence-corrected chi connectivity index (χ4v) is 4.52. The molecule has 0 bridgehead atoms. The van der Waals surface area contributed by atoms with Gasteiger partial charge in [0, 0.05) is 5.56 Å². The second-order valence-corrected chi connectivity index (χ2v) is 8.44. The number of amides is 3. The number of aromatic nitrogens is 1. The van der Waals surface area contributed by atoms with Crippen molar-refractivity contribution in [3.05, 3.63) is 89.0 Å². The minimum Gasteiger partial charge on any atom is -0.462 e. The topological polar surface area (TPSA) is 106 Å². The lowest BCUT2D eigenvalue weighted by Crippen LogP contribution is -2.29. The summed E-state index contributed by atoms with van der Waals surface area (Å²) in [7, 11) is 0. The van der Waals surface area contributed by atoms with E-state index in [1.807, 2.05) is 0 Å². The van der Waals surface area contributed by atoms with Crippen LogP contribution in [-0.4, -0.2) is 35.3 Å². The van der Waals surface area contributed by atoms with Crippen LogP contribution in [0.2, 0.25) is 0 Å². The lowest BCUT2D eigenvalue weighted by Gasteiger charge is -2.14. The van der Waals surface area contributed by atoms with Gasteiger partial charge in [-0.3, -0.25) is 19.7 Å². The van der Waals surface area contributed by atoms with Crippen molar-refractivity contribution in [2.24, 2.45) is 0 Å². The first-order valence-electron chi connectivity index (χ1n) is 10.4. The van der Waals surface area contributed by atoms with Gasteiger partial charge >= 0.3 is 5.97 Å². The molecule has 0 radical (unpaired) electrons. The van der Waals surface area contributed by atoms with Gasteiger partial charge in [-0.15, -0.1) is 0 Å². The van der Waals surface area contributed by atoms with Crippen molar-refractivity contribution in [3.63, 3.8) is 0 Å². The summed E-state index contributed by atoms with van der Waals surface area (Å²) in [5, 5.41) is 3.13. The SMILES string of the molecule is CCOC(=O)c1ccc2sc(NC(=O)c3ccc(N4C(=O)c5ccccc5C4=O)cc3)nc2c1. The number of anilines is 2. The number of benzene rings is 3. The fraction of sp³-hybridized carbons (Fsp3) is 0.0800. The molecule has 0 saturated carbocycles. The summed E-state index contributed by atoms with van der Waals surface area (Å²) in [6.07, 6.45) is 0. The van der Waals surface area contributed by atoms with Gasteiger partial charge in [-0.05, 0) is 61.5 Å². The van der Waals surface area contributed by atoms with Crippen molar-refractivity contribution < 1.29 is 23.9 Å². The first-order chi connectivity index (χ1) is 16.5. The molecule has 0 spiro atoms. The zero-order valence-corrected chi connectivity index (χ0v) is 18.7. The summed E-state index contributed by atoms with van der Waals surface area (Å²) in [4.78, 5) is 55.4. The standard InChI is InChI=1S/C25H17N3O5S/c1-2-33-24(32)15-9-12-20-19(13-15)26-25(34-20)27-21(29)14-7-10-16(11-8-14)28-22(30)17-5-3-4-6-18(17)23(28)31/h3-13H,2H2,1H3,(H,26,27,29). The zero-order chi connectivity index (χ0) is 23.8. The Labute approximate surface area is 197 Å². The quantitative estimate of drug-likeness (QED) is 0.339. The van der Waals surface area contributed by atoms with Gasteiger partial charge in [-0.25, -0.2) is 14.7 Å². The van der Waals surface area contributed by atoms with Gasteiger partial charge in [-0.2, -0.15) is 0 Å². The number of imide groups is 1. The highest BCUT2D eigenvalue weighted by Crippen LogP contribution is 2.30. The number of nitrogens with zero attached hydrogens (tertiary/aromatic N) is 2. The van der Waals surface area contributed by atoms with Crippen LogP contribution in [-0.2, 0) is 4.74 Å². The molecule has 8 nitrogen and oxygen atoms in total. The third-order valence-corrected chi connectivity index (χ3v) is 6.25. The second kappa shape index (κ2) is 8.53. The van der Waals surface area contributed by atoms with Gasteiger partial charge < -0.3 is 4.74 Å². The van der Waals surface area contributed by atoms with Crippen LogP contribution in [0.15, 0.2) is 66.7 Å². The minimum absolute atomic E-state index is 0.279. The van der Waals surface area contributed by atoms with Crippen LogP contribution in [0.4, 0.5) is 10.8 Å². The molecule has 9 heteroatoms. The number of thiazole rings is 1. The molecule has 3 amide bonds. The van der Waals surface area contributed by atoms with E-state index in [-0.39, 0.29) is 6.61 Å². The summed E-state index contributed by atoms with van der Waals surface area (Å²) in [5.41, 5.74) is 2.40. The van der Waals surface area contributed by atoms with Crippen LogP contribution >= 0.6 is 11.3 Å². The Morgan fingerprint density at radius 1 is 0.941 bits per heavy atom. The Balaban J connectivity index is 1.32. The molecule has 1 aliphatic heterocycles. The molecule has 168 valence electrons. The Bertz CT molecular complexity index is 1440. The smallest absolute Gasteiger partial charge is 0.338 e. The van der Waals surface area contributed by atoms with E-state index in [9.17, 15) is 19.2 Å². The van der Waals surface area contributed by atoms with E-state index in [1.165, 1.54) is 11.3 Å². The molecule has 0 atom stereocenters. The number of esters is 1. The van der Waals surface area contributed by atoms with Crippen LogP contribution in [0, 0.1) is 0 Å². The normalized spacial score (nSPS) is 12.7. The van der Waals surface area contributed by atoms with Crippen LogP contribution < -0.4 is 10.2 Å². The molecular formula is C25H17N3O5S. The fourth-order valence-electron chi connectivity index (χ4n) is 3.68. The van der Waals surface area contributed by atoms with Crippen LogP contribution in [0.5, 0.6) is 0 Å². The number of carbonyl (C=O) groups is 4. The molecule has 5 rings (SSSR count). The number of hydrogen-bond acceptors (Lipinski definition) is 7. The summed E-state index contributed by atoms with van der Waals surface area (Å²) in [5.74, 6) is -1.61. The first-order valence-corrected chi connectivity index (χ1v) is 11.2. The highest BCUT2D eigenvalue weighted by Gasteiger charge is 2.36. The van der Waals surface area contributed by atoms with Crippen molar-refractivity contribution in [1.29, 1.82) is 0 Å². The number of nitrogens with one attached hydrogen (secondary N) is 1. The number of ether oxygens (including phenoxy) is 1. The van der Waals surface area contributed by atoms with Crippen molar-refractivity contribution >= 4 is 56.1 Å². The van der Waals surface area contributed by atoms with Gasteiger partial charge in [-0.1, -0.05) is 23.5 Å². The third-order valence-electron chi connectivity index (χ3n) is 5.30. The van der Waals surface area contributed by atoms with Crippen molar-refractivity contribution in [1.82, 2.24) is 4.98 Å². The predicted molar refractivity (Wildman–Crippen MR) is 128 cm³/mol. The predicted octanol–water partition coefficient (Wildman–Crippen LogP) is 4.53. The zero-order valence-electron chi connectivity index (χ0n) is 17.9. The number of carbonyl (C=O) groups excluding carboxylic acids is 4. The van der Waals surface area contributed by atoms with Crippen LogP contribution in [0.3, 0.4) is 0 Å². The molecule has 0 unspecified atom stereocenters. The highest BCUT2D eigenvalue weighted by atomic mass is 32.1. The van der Waals surface area contributed by atoms with Crippen molar-refractivity contribution in [2.75, 3.05) is 16.8 Å². The molecule has 0 saturated heterocycles. The Hall–Kier alpha value is -4.37. The molecule has 34 heavy (non-hydrogen) atoms. The molecule has 0 fully saturated rings. The van der Waals surface area contributed by atoms with Gasteiger partial charge in [0.25, 0.3) is 17.7 Å². The lowest BCUT2D eigenvalue weighted by atomic mass is 10.1. The molecule has 1 aliphatic rings. The summed E-state index contributed by atoms with van der Waals surface area (Å²) < 4.78 is 5.82. The van der Waals surface area contributed by atoms with Crippen LogP contribution in [0.25, 0.3) is 10.2 Å². The van der Waals surface area contributed by atoms with Gasteiger partial charge in [0.05, 0.1) is 39.2 Å². The maximum absolute atomic E-state index is 12.7. The van der Waals surface area contributed by atoms with Gasteiger partial charge in [0.2, 0.25) is 0 Å². The molecule has 2 heterocycles. The second-order valence-electron chi connectivity index (χ2n) is 7.41. The van der Waals surface area contributed by atoms with E-state index < -0.39 is 23.7 Å². The average molecular weight is 471 g/mol. The minimum atomic E-state index is -0.430. The van der Waals surface area contributed by atoms with E-state index in [4.69, 9.17) is 4.74 Å². The van der Waals surface area contributed by atoms with Crippen molar-refractivity contribution in [2.45, 2.75) is 6.92 Å². The molecular weight excluding hydrogens is 454 g/mol. The maximum Gasteiger partial charge on any atom is 0.338 e. The van der Waals surface area contributed by atoms with E-state index in [2.05, 4.69) is 10.3 Å². The third kappa shape index (κ3) is 3.71. The Kier molecular flexibility index (Phi) is 5.39. The molecule has 3 aromatic carbocycles. The molecule has 1 N–H and O–H groups in total.